The van der Waals surface area contributed by atoms with Crippen molar-refractivity contribution in [3.63, 3.8) is 0 Å². The molecule has 0 bridgehead atoms. The zero-order valence-electron chi connectivity index (χ0n) is 10.5. The van der Waals surface area contributed by atoms with Crippen LogP contribution in [0.3, 0.4) is 0 Å². The highest BCUT2D eigenvalue weighted by molar-refractivity contribution is 7.91. The quantitative estimate of drug-likeness (QED) is 0.793. The van der Waals surface area contributed by atoms with Crippen LogP contribution in [-0.2, 0) is 15.4 Å². The van der Waals surface area contributed by atoms with Crippen LogP contribution in [0.1, 0.15) is 25.3 Å². The van der Waals surface area contributed by atoms with Gasteiger partial charge in [-0.15, -0.1) is 0 Å². The Morgan fingerprint density at radius 3 is 2.78 bits per heavy atom. The fourth-order valence-corrected chi connectivity index (χ4v) is 4.43. The average Bonchev–Trinajstić information content (AvgIpc) is 2.27. The maximum Gasteiger partial charge on any atom is 0.150 e. The van der Waals surface area contributed by atoms with Crippen LogP contribution in [0, 0.1) is 5.92 Å². The number of nitrogens with two attached hydrogens (primary N) is 1. The lowest BCUT2D eigenvalue weighted by atomic mass is 9.81. The predicted molar refractivity (Wildman–Crippen MR) is 71.8 cm³/mol. The van der Waals surface area contributed by atoms with Crippen LogP contribution in [-0.4, -0.2) is 25.0 Å². The smallest absolute Gasteiger partial charge is 0.150 e. The molecule has 0 amide bonds. The number of benzene rings is 1. The van der Waals surface area contributed by atoms with Gasteiger partial charge in [0, 0.05) is 11.6 Å². The molecule has 18 heavy (non-hydrogen) atoms. The zero-order valence-corrected chi connectivity index (χ0v) is 11.3. The first kappa shape index (κ1) is 13.4. The maximum absolute atomic E-state index is 11.7. The average molecular weight is 269 g/mol. The first-order chi connectivity index (χ1) is 8.31. The lowest BCUT2D eigenvalue weighted by molar-refractivity contribution is -0.00210. The number of hydrogen-bond acceptors (Lipinski definition) is 4. The van der Waals surface area contributed by atoms with Crippen molar-refractivity contribution in [2.24, 2.45) is 5.92 Å². The number of hydrogen-bond donors (Lipinski definition) is 2. The summed E-state index contributed by atoms with van der Waals surface area (Å²) in [5, 5.41) is 10.6. The molecule has 0 spiro atoms. The molecule has 0 saturated carbocycles. The first-order valence-electron chi connectivity index (χ1n) is 6.10. The summed E-state index contributed by atoms with van der Waals surface area (Å²) >= 11 is 0. The van der Waals surface area contributed by atoms with Crippen LogP contribution in [0.2, 0.25) is 0 Å². The normalized spacial score (nSPS) is 26.4. The van der Waals surface area contributed by atoms with Crippen LogP contribution in [0.4, 0.5) is 5.69 Å². The molecule has 0 aromatic heterocycles. The van der Waals surface area contributed by atoms with E-state index in [1.165, 1.54) is 0 Å². The molecular formula is C13H19NO3S. The van der Waals surface area contributed by atoms with Crippen LogP contribution in [0.25, 0.3) is 0 Å². The van der Waals surface area contributed by atoms with Crippen molar-refractivity contribution in [2.75, 3.05) is 17.2 Å². The van der Waals surface area contributed by atoms with E-state index in [0.717, 1.165) is 6.42 Å². The second kappa shape index (κ2) is 4.55. The van der Waals surface area contributed by atoms with E-state index in [1.807, 2.05) is 0 Å². The van der Waals surface area contributed by atoms with Crippen molar-refractivity contribution in [1.29, 1.82) is 0 Å². The summed E-state index contributed by atoms with van der Waals surface area (Å²) in [6, 6.07) is 7.02. The molecule has 1 aromatic rings. The summed E-state index contributed by atoms with van der Waals surface area (Å²) in [6.07, 6.45) is 1.34. The molecule has 1 fully saturated rings. The van der Waals surface area contributed by atoms with E-state index >= 15 is 0 Å². The van der Waals surface area contributed by atoms with Crippen LogP contribution < -0.4 is 5.73 Å². The van der Waals surface area contributed by atoms with Crippen LogP contribution >= 0.6 is 0 Å². The summed E-state index contributed by atoms with van der Waals surface area (Å²) in [6.45, 7) is 1.67. The molecule has 0 radical (unpaired) electrons. The van der Waals surface area contributed by atoms with Gasteiger partial charge in [-0.05, 0) is 37.5 Å². The molecule has 1 aromatic carbocycles. The van der Waals surface area contributed by atoms with E-state index in [1.54, 1.807) is 31.2 Å². The lowest BCUT2D eigenvalue weighted by Crippen LogP contribution is -2.40. The Kier molecular flexibility index (Phi) is 3.38. The topological polar surface area (TPSA) is 80.4 Å². The van der Waals surface area contributed by atoms with E-state index < -0.39 is 15.4 Å². The van der Waals surface area contributed by atoms with Crippen molar-refractivity contribution in [1.82, 2.24) is 0 Å². The van der Waals surface area contributed by atoms with E-state index in [9.17, 15) is 13.5 Å². The van der Waals surface area contributed by atoms with Crippen molar-refractivity contribution < 1.29 is 13.5 Å². The lowest BCUT2D eigenvalue weighted by Gasteiger charge is -2.35. The molecule has 2 unspecified atom stereocenters. The van der Waals surface area contributed by atoms with Gasteiger partial charge in [0.25, 0.3) is 0 Å². The fraction of sp³-hybridized carbons (Fsp3) is 0.538. The Morgan fingerprint density at radius 1 is 1.44 bits per heavy atom. The summed E-state index contributed by atoms with van der Waals surface area (Å²) < 4.78 is 23.3. The third-order valence-electron chi connectivity index (χ3n) is 3.73. The van der Waals surface area contributed by atoms with Gasteiger partial charge in [-0.3, -0.25) is 0 Å². The van der Waals surface area contributed by atoms with Gasteiger partial charge in [-0.25, -0.2) is 8.42 Å². The zero-order chi connectivity index (χ0) is 13.4. The highest BCUT2D eigenvalue weighted by Crippen LogP contribution is 2.36. The highest BCUT2D eigenvalue weighted by atomic mass is 32.2. The van der Waals surface area contributed by atoms with E-state index in [-0.39, 0.29) is 17.4 Å². The summed E-state index contributed by atoms with van der Waals surface area (Å²) in [5.41, 5.74) is 5.82. The third kappa shape index (κ3) is 2.67. The number of sulfone groups is 1. The molecule has 2 atom stereocenters. The maximum atomic E-state index is 11.7. The monoisotopic (exact) mass is 269 g/mol. The van der Waals surface area contributed by atoms with Gasteiger partial charge in [-0.1, -0.05) is 12.1 Å². The number of anilines is 1. The number of rotatable bonds is 2. The summed E-state index contributed by atoms with van der Waals surface area (Å²) in [7, 11) is -3.02. The molecule has 0 aliphatic carbocycles. The Balaban J connectivity index is 2.30. The molecular weight excluding hydrogens is 250 g/mol. The van der Waals surface area contributed by atoms with Gasteiger partial charge in [0.15, 0.2) is 9.84 Å². The van der Waals surface area contributed by atoms with Gasteiger partial charge in [0.2, 0.25) is 0 Å². The van der Waals surface area contributed by atoms with Gasteiger partial charge in [0.05, 0.1) is 17.1 Å². The molecule has 1 aliphatic rings. The Bertz CT molecular complexity index is 537. The second-order valence-corrected chi connectivity index (χ2v) is 7.46. The first-order valence-corrected chi connectivity index (χ1v) is 7.92. The molecule has 3 N–H and O–H groups in total. The standard InChI is InChI=1S/C13H19NO3S/c1-13(15,10-4-2-6-12(14)8-10)11-5-3-7-18(16,17)9-11/h2,4,6,8,11,15H,3,5,7,9,14H2,1H3. The minimum Gasteiger partial charge on any atom is -0.399 e. The van der Waals surface area contributed by atoms with Crippen molar-refractivity contribution in [3.8, 4) is 0 Å². The highest BCUT2D eigenvalue weighted by Gasteiger charge is 2.39. The minimum atomic E-state index is -3.02. The van der Waals surface area contributed by atoms with Gasteiger partial charge >= 0.3 is 0 Å². The Morgan fingerprint density at radius 2 is 2.17 bits per heavy atom. The van der Waals surface area contributed by atoms with E-state index in [2.05, 4.69) is 0 Å². The van der Waals surface area contributed by atoms with Crippen molar-refractivity contribution in [3.05, 3.63) is 29.8 Å². The molecule has 1 heterocycles. The van der Waals surface area contributed by atoms with Crippen molar-refractivity contribution in [2.45, 2.75) is 25.4 Å². The van der Waals surface area contributed by atoms with E-state index in [4.69, 9.17) is 5.73 Å². The number of aliphatic hydroxyl groups is 1. The summed E-state index contributed by atoms with van der Waals surface area (Å²) in [4.78, 5) is 0. The minimum absolute atomic E-state index is 0.0504. The SMILES string of the molecule is CC(O)(c1cccc(N)c1)C1CCCS(=O)(=O)C1. The molecule has 1 saturated heterocycles. The molecule has 100 valence electrons. The molecule has 5 heteroatoms. The summed E-state index contributed by atoms with van der Waals surface area (Å²) in [5.74, 6) is 0.0173. The van der Waals surface area contributed by atoms with Gasteiger partial charge < -0.3 is 10.8 Å². The van der Waals surface area contributed by atoms with Gasteiger partial charge in [-0.2, -0.15) is 0 Å². The van der Waals surface area contributed by atoms with Gasteiger partial charge in [0.1, 0.15) is 0 Å². The molecule has 2 rings (SSSR count). The van der Waals surface area contributed by atoms with E-state index in [0.29, 0.717) is 17.7 Å². The molecule has 1 aliphatic heterocycles. The van der Waals surface area contributed by atoms with Crippen LogP contribution in [0.5, 0.6) is 0 Å². The van der Waals surface area contributed by atoms with Crippen LogP contribution in [0.15, 0.2) is 24.3 Å². The predicted octanol–water partition coefficient (Wildman–Crippen LogP) is 1.30. The Labute approximate surface area is 108 Å². The fourth-order valence-electron chi connectivity index (χ4n) is 2.56. The largest absolute Gasteiger partial charge is 0.399 e. The Hall–Kier alpha value is -1.07. The second-order valence-electron chi connectivity index (χ2n) is 5.23. The molecule has 4 nitrogen and oxygen atoms in total. The number of nitrogen functional groups attached to an aromatic ring is 1. The third-order valence-corrected chi connectivity index (χ3v) is 5.55. The van der Waals surface area contributed by atoms with Crippen molar-refractivity contribution >= 4 is 15.5 Å².